The van der Waals surface area contributed by atoms with E-state index in [0.717, 1.165) is 32.6 Å². The van der Waals surface area contributed by atoms with Crippen molar-refractivity contribution in [3.8, 4) is 11.1 Å². The van der Waals surface area contributed by atoms with Crippen molar-refractivity contribution in [3.63, 3.8) is 0 Å². The largest absolute Gasteiger partial charge is 0.337 e. The Morgan fingerprint density at radius 1 is 1.33 bits per heavy atom. The smallest absolute Gasteiger partial charge is 0.117 e. The summed E-state index contributed by atoms with van der Waals surface area (Å²) in [4.78, 5) is 5.43. The first-order chi connectivity index (χ1) is 12.9. The molecule has 3 aromatic rings. The van der Waals surface area contributed by atoms with Gasteiger partial charge < -0.3 is 10.3 Å². The molecule has 0 aliphatic carbocycles. The number of nitrogens with two attached hydrogens (primary N) is 1. The second-order valence-electron chi connectivity index (χ2n) is 6.41. The number of hydrogen-bond acceptors (Lipinski definition) is 4. The van der Waals surface area contributed by atoms with E-state index in [1.54, 1.807) is 11.9 Å². The predicted molar refractivity (Wildman–Crippen MR) is 113 cm³/mol. The predicted octanol–water partition coefficient (Wildman–Crippen LogP) is 5.05. The summed E-state index contributed by atoms with van der Waals surface area (Å²) < 4.78 is 18.2. The van der Waals surface area contributed by atoms with Gasteiger partial charge in [-0.15, -0.1) is 0 Å². The van der Waals surface area contributed by atoms with Crippen molar-refractivity contribution < 1.29 is 4.39 Å². The van der Waals surface area contributed by atoms with Gasteiger partial charge in [0.25, 0.3) is 0 Å². The molecule has 0 aliphatic heterocycles. The Hall–Kier alpha value is -1.86. The highest BCUT2D eigenvalue weighted by atomic mass is 35.5. The number of allylic oxidation sites excluding steroid dienone is 1. The van der Waals surface area contributed by atoms with Gasteiger partial charge in [0.05, 0.1) is 6.54 Å². The number of pyridine rings is 1. The van der Waals surface area contributed by atoms with Crippen LogP contribution in [-0.4, -0.2) is 34.5 Å². The van der Waals surface area contributed by atoms with E-state index >= 15 is 0 Å². The molecule has 0 atom stereocenters. The third-order valence-corrected chi connectivity index (χ3v) is 5.26. The molecule has 0 amide bonds. The molecule has 0 unspecified atom stereocenters. The van der Waals surface area contributed by atoms with Crippen LogP contribution in [0.2, 0.25) is 5.02 Å². The third kappa shape index (κ3) is 4.35. The van der Waals surface area contributed by atoms with E-state index in [0.29, 0.717) is 5.02 Å². The van der Waals surface area contributed by atoms with Crippen molar-refractivity contribution in [2.75, 3.05) is 20.6 Å². The molecule has 2 heterocycles. The first-order valence-electron chi connectivity index (χ1n) is 8.54. The molecule has 142 valence electrons. The van der Waals surface area contributed by atoms with Crippen LogP contribution < -0.4 is 5.73 Å². The van der Waals surface area contributed by atoms with Gasteiger partial charge in [-0.1, -0.05) is 11.6 Å². The molecular formula is C20H22ClFN4S. The van der Waals surface area contributed by atoms with Gasteiger partial charge in [0.1, 0.15) is 5.83 Å². The molecule has 2 aromatic heterocycles. The average Bonchev–Trinajstić information content (AvgIpc) is 2.86. The van der Waals surface area contributed by atoms with E-state index in [1.165, 1.54) is 6.08 Å². The summed E-state index contributed by atoms with van der Waals surface area (Å²) in [5, 5.41) is 1.63. The van der Waals surface area contributed by atoms with Crippen LogP contribution in [0.1, 0.15) is 5.69 Å². The van der Waals surface area contributed by atoms with Crippen LogP contribution in [-0.2, 0) is 6.54 Å². The summed E-state index contributed by atoms with van der Waals surface area (Å²) in [6, 6.07) is 7.77. The SMILES string of the molecule is Cc1c(-c2cncc(SN(C)C)c2)c2cc(Cl)ccc2n1C/C(F)=C/CN. The highest BCUT2D eigenvalue weighted by Crippen LogP contribution is 2.37. The average molecular weight is 405 g/mol. The quantitative estimate of drug-likeness (QED) is 0.584. The number of fused-ring (bicyclic) bond motifs is 1. The zero-order valence-electron chi connectivity index (χ0n) is 15.5. The monoisotopic (exact) mass is 404 g/mol. The van der Waals surface area contributed by atoms with E-state index in [4.69, 9.17) is 17.3 Å². The van der Waals surface area contributed by atoms with E-state index in [9.17, 15) is 4.39 Å². The van der Waals surface area contributed by atoms with Crippen molar-refractivity contribution in [1.82, 2.24) is 13.9 Å². The Labute approximate surface area is 168 Å². The van der Waals surface area contributed by atoms with Crippen LogP contribution in [0.15, 0.2) is 53.5 Å². The van der Waals surface area contributed by atoms with Crippen molar-refractivity contribution >= 4 is 34.5 Å². The Morgan fingerprint density at radius 3 is 2.81 bits per heavy atom. The molecule has 4 nitrogen and oxygen atoms in total. The minimum absolute atomic E-state index is 0.140. The summed E-state index contributed by atoms with van der Waals surface area (Å²) in [7, 11) is 3.97. The molecule has 27 heavy (non-hydrogen) atoms. The fourth-order valence-electron chi connectivity index (χ4n) is 3.18. The van der Waals surface area contributed by atoms with Gasteiger partial charge in [-0.2, -0.15) is 0 Å². The van der Waals surface area contributed by atoms with Crippen LogP contribution in [0.5, 0.6) is 0 Å². The van der Waals surface area contributed by atoms with Crippen molar-refractivity contribution in [2.45, 2.75) is 18.4 Å². The molecular weight excluding hydrogens is 383 g/mol. The molecule has 7 heteroatoms. The maximum absolute atomic E-state index is 14.2. The number of nitrogens with zero attached hydrogens (tertiary/aromatic N) is 3. The van der Waals surface area contributed by atoms with Gasteiger partial charge in [-0.25, -0.2) is 4.39 Å². The minimum atomic E-state index is -0.256. The Kier molecular flexibility index (Phi) is 6.22. The van der Waals surface area contributed by atoms with Crippen LogP contribution in [0.4, 0.5) is 4.39 Å². The maximum atomic E-state index is 14.2. The van der Waals surface area contributed by atoms with Gasteiger partial charge in [-0.3, -0.25) is 9.29 Å². The molecule has 0 spiro atoms. The molecule has 3 rings (SSSR count). The van der Waals surface area contributed by atoms with Gasteiger partial charge >= 0.3 is 0 Å². The van der Waals surface area contributed by atoms with E-state index < -0.39 is 0 Å². The summed E-state index contributed by atoms with van der Waals surface area (Å²) in [5.41, 5.74) is 9.33. The van der Waals surface area contributed by atoms with Gasteiger partial charge in [-0.05, 0) is 63.3 Å². The summed E-state index contributed by atoms with van der Waals surface area (Å²) >= 11 is 7.86. The zero-order valence-corrected chi connectivity index (χ0v) is 17.1. The number of hydrogen-bond donors (Lipinski definition) is 1. The molecule has 0 radical (unpaired) electrons. The topological polar surface area (TPSA) is 47.1 Å². The summed E-state index contributed by atoms with van der Waals surface area (Å²) in [5.74, 6) is -0.256. The molecule has 0 saturated carbocycles. The van der Waals surface area contributed by atoms with Gasteiger partial charge in [0.2, 0.25) is 0 Å². The summed E-state index contributed by atoms with van der Waals surface area (Å²) in [6.07, 6.45) is 5.06. The molecule has 0 bridgehead atoms. The van der Waals surface area contributed by atoms with Crippen molar-refractivity contribution in [2.24, 2.45) is 5.73 Å². The van der Waals surface area contributed by atoms with Crippen molar-refractivity contribution in [1.29, 1.82) is 0 Å². The molecule has 0 aliphatic rings. The lowest BCUT2D eigenvalue weighted by molar-refractivity contribution is 0.555. The number of benzene rings is 1. The fourth-order valence-corrected chi connectivity index (χ4v) is 4.06. The highest BCUT2D eigenvalue weighted by molar-refractivity contribution is 7.97. The second kappa shape index (κ2) is 8.44. The summed E-state index contributed by atoms with van der Waals surface area (Å²) in [6.45, 7) is 2.31. The highest BCUT2D eigenvalue weighted by Gasteiger charge is 2.17. The number of rotatable bonds is 6. The lowest BCUT2D eigenvalue weighted by atomic mass is 10.0. The lowest BCUT2D eigenvalue weighted by Crippen LogP contribution is -2.03. The normalized spacial score (nSPS) is 12.3. The number of halogens is 2. The first-order valence-corrected chi connectivity index (χ1v) is 9.69. The molecule has 1 aromatic carbocycles. The number of aromatic nitrogens is 2. The van der Waals surface area contributed by atoms with Gasteiger partial charge in [0, 0.05) is 56.6 Å². The van der Waals surface area contributed by atoms with Crippen LogP contribution in [0, 0.1) is 6.92 Å². The van der Waals surface area contributed by atoms with Crippen LogP contribution in [0.25, 0.3) is 22.0 Å². The van der Waals surface area contributed by atoms with Gasteiger partial charge in [0.15, 0.2) is 0 Å². The van der Waals surface area contributed by atoms with E-state index in [1.807, 2.05) is 60.5 Å². The minimum Gasteiger partial charge on any atom is -0.337 e. The first kappa shape index (κ1) is 19.9. The van der Waals surface area contributed by atoms with Crippen LogP contribution in [0.3, 0.4) is 0 Å². The lowest BCUT2D eigenvalue weighted by Gasteiger charge is -2.10. The van der Waals surface area contributed by atoms with Crippen molar-refractivity contribution in [3.05, 3.63) is 59.3 Å². The second-order valence-corrected chi connectivity index (χ2v) is 8.23. The Balaban J connectivity index is 2.19. The third-order valence-electron chi connectivity index (χ3n) is 4.22. The van der Waals surface area contributed by atoms with Crippen LogP contribution >= 0.6 is 23.5 Å². The Morgan fingerprint density at radius 2 is 2.11 bits per heavy atom. The fraction of sp³-hybridized carbons (Fsp3) is 0.250. The Bertz CT molecular complexity index is 997. The molecule has 2 N–H and O–H groups in total. The maximum Gasteiger partial charge on any atom is 0.117 e. The zero-order chi connectivity index (χ0) is 19.6. The molecule has 0 fully saturated rings. The standard InChI is InChI=1S/C20H22ClFN4S/c1-13-20(14-8-17(11-24-10-14)27-25(2)3)18-9-15(21)4-5-19(18)26(13)12-16(22)6-7-23/h4-6,8-11H,7,12,23H2,1-3H3/b16-6-. The molecule has 0 saturated heterocycles. The van der Waals surface area contributed by atoms with E-state index in [-0.39, 0.29) is 18.9 Å². The van der Waals surface area contributed by atoms with E-state index in [2.05, 4.69) is 11.1 Å².